The zero-order valence-corrected chi connectivity index (χ0v) is 8.51. The maximum atomic E-state index is 10.9. The minimum Gasteiger partial charge on any atom is -0.476 e. The highest BCUT2D eigenvalue weighted by Crippen LogP contribution is 2.17. The molecule has 0 aliphatic heterocycles. The van der Waals surface area contributed by atoms with Crippen molar-refractivity contribution < 1.29 is 9.90 Å². The molecule has 0 saturated carbocycles. The molecular weight excluding hydrogens is 194 g/mol. The van der Waals surface area contributed by atoms with E-state index in [0.29, 0.717) is 11.6 Å². The summed E-state index contributed by atoms with van der Waals surface area (Å²) in [4.78, 5) is 18.8. The lowest BCUT2D eigenvalue weighted by molar-refractivity contribution is 0.0692. The topological polar surface area (TPSA) is 67.5 Å². The third kappa shape index (κ3) is 1.45. The normalized spacial score (nSPS) is 11.1. The van der Waals surface area contributed by atoms with Gasteiger partial charge in [-0.2, -0.15) is 0 Å². The van der Waals surface area contributed by atoms with Crippen LogP contribution >= 0.6 is 0 Å². The predicted molar refractivity (Wildman–Crippen MR) is 54.0 cm³/mol. The molecule has 5 nitrogen and oxygen atoms in total. The highest BCUT2D eigenvalue weighted by molar-refractivity contribution is 5.91. The summed E-state index contributed by atoms with van der Waals surface area (Å²) in [5.41, 5.74) is 1.37. The Hall–Kier alpha value is -1.91. The van der Waals surface area contributed by atoms with Gasteiger partial charge in [-0.3, -0.25) is 0 Å². The lowest BCUT2D eigenvalue weighted by atomic mass is 10.1. The van der Waals surface area contributed by atoms with Crippen molar-refractivity contribution >= 4 is 11.6 Å². The first-order chi connectivity index (χ1) is 7.11. The lowest BCUT2D eigenvalue weighted by Gasteiger charge is -2.04. The summed E-state index contributed by atoms with van der Waals surface area (Å²) in [5, 5.41) is 8.91. The first-order valence-electron chi connectivity index (χ1n) is 4.66. The van der Waals surface area contributed by atoms with Gasteiger partial charge in [-0.25, -0.2) is 14.8 Å². The van der Waals surface area contributed by atoms with E-state index in [-0.39, 0.29) is 5.69 Å². The van der Waals surface area contributed by atoms with Gasteiger partial charge in [-0.15, -0.1) is 0 Å². The van der Waals surface area contributed by atoms with E-state index in [1.807, 2.05) is 13.8 Å². The van der Waals surface area contributed by atoms with Gasteiger partial charge in [0.2, 0.25) is 0 Å². The Bertz CT molecular complexity index is 516. The zero-order chi connectivity index (χ0) is 11.0. The summed E-state index contributed by atoms with van der Waals surface area (Å²) in [6.07, 6.45) is 4.89. The van der Waals surface area contributed by atoms with Gasteiger partial charge in [0.05, 0.1) is 0 Å². The summed E-state index contributed by atoms with van der Waals surface area (Å²) < 4.78 is 1.76. The number of nitrogens with zero attached hydrogens (tertiary/aromatic N) is 3. The molecule has 15 heavy (non-hydrogen) atoms. The Labute approximate surface area is 86.4 Å². The van der Waals surface area contributed by atoms with Gasteiger partial charge >= 0.3 is 5.97 Å². The zero-order valence-electron chi connectivity index (χ0n) is 8.51. The molecule has 0 radical (unpaired) electrons. The monoisotopic (exact) mass is 205 g/mol. The summed E-state index contributed by atoms with van der Waals surface area (Å²) in [6.45, 7) is 4.06. The van der Waals surface area contributed by atoms with Crippen LogP contribution in [0.4, 0.5) is 0 Å². The largest absolute Gasteiger partial charge is 0.476 e. The molecule has 0 spiro atoms. The van der Waals surface area contributed by atoms with Crippen LogP contribution in [0.15, 0.2) is 18.6 Å². The minimum absolute atomic E-state index is 0.00981. The molecule has 0 unspecified atom stereocenters. The number of hydrogen-bond donors (Lipinski definition) is 1. The Balaban J connectivity index is 2.74. The minimum atomic E-state index is -1.05. The summed E-state index contributed by atoms with van der Waals surface area (Å²) in [5.74, 6) is -0.759. The maximum Gasteiger partial charge on any atom is 0.358 e. The molecule has 2 rings (SSSR count). The van der Waals surface area contributed by atoms with E-state index in [2.05, 4.69) is 9.97 Å². The van der Waals surface area contributed by atoms with Gasteiger partial charge in [0.15, 0.2) is 11.3 Å². The third-order valence-corrected chi connectivity index (χ3v) is 2.25. The molecule has 0 fully saturated rings. The Morgan fingerprint density at radius 1 is 1.47 bits per heavy atom. The lowest BCUT2D eigenvalue weighted by Crippen LogP contribution is -2.05. The van der Waals surface area contributed by atoms with Crippen molar-refractivity contribution in [1.82, 2.24) is 14.4 Å². The van der Waals surface area contributed by atoms with E-state index in [4.69, 9.17) is 5.11 Å². The maximum absolute atomic E-state index is 10.9. The number of imidazole rings is 1. The van der Waals surface area contributed by atoms with Crippen LogP contribution in [0.3, 0.4) is 0 Å². The van der Waals surface area contributed by atoms with Gasteiger partial charge < -0.3 is 9.51 Å². The quantitative estimate of drug-likeness (QED) is 0.807. The fourth-order valence-electron chi connectivity index (χ4n) is 1.52. The fourth-order valence-corrected chi connectivity index (χ4v) is 1.52. The Kier molecular flexibility index (Phi) is 2.15. The van der Waals surface area contributed by atoms with Crippen LogP contribution in [-0.4, -0.2) is 25.4 Å². The van der Waals surface area contributed by atoms with Crippen molar-refractivity contribution in [1.29, 1.82) is 0 Å². The van der Waals surface area contributed by atoms with E-state index in [9.17, 15) is 4.79 Å². The van der Waals surface area contributed by atoms with Crippen molar-refractivity contribution in [3.63, 3.8) is 0 Å². The fraction of sp³-hybridized carbons (Fsp3) is 0.300. The van der Waals surface area contributed by atoms with Crippen molar-refractivity contribution in [3.05, 3.63) is 30.0 Å². The van der Waals surface area contributed by atoms with Gasteiger partial charge in [-0.1, -0.05) is 13.8 Å². The van der Waals surface area contributed by atoms with Gasteiger partial charge in [0.1, 0.15) is 0 Å². The van der Waals surface area contributed by atoms with Crippen molar-refractivity contribution in [2.45, 2.75) is 19.8 Å². The van der Waals surface area contributed by atoms with Crippen LogP contribution in [-0.2, 0) is 0 Å². The van der Waals surface area contributed by atoms with Gasteiger partial charge in [-0.05, 0) is 5.92 Å². The van der Waals surface area contributed by atoms with E-state index >= 15 is 0 Å². The second-order valence-corrected chi connectivity index (χ2v) is 3.61. The van der Waals surface area contributed by atoms with E-state index in [1.165, 1.54) is 6.20 Å². The first-order valence-corrected chi connectivity index (χ1v) is 4.66. The molecule has 0 atom stereocenters. The molecule has 78 valence electrons. The van der Waals surface area contributed by atoms with Crippen LogP contribution in [0.2, 0.25) is 0 Å². The predicted octanol–water partition coefficient (Wildman–Crippen LogP) is 1.55. The van der Waals surface area contributed by atoms with Gasteiger partial charge in [0, 0.05) is 24.3 Å². The second-order valence-electron chi connectivity index (χ2n) is 3.61. The Morgan fingerprint density at radius 2 is 2.20 bits per heavy atom. The molecule has 0 amide bonds. The molecular formula is C10H11N3O2. The number of carboxylic acid groups (broad SMARTS) is 1. The van der Waals surface area contributed by atoms with Crippen molar-refractivity contribution in [3.8, 4) is 0 Å². The number of rotatable bonds is 2. The van der Waals surface area contributed by atoms with Crippen LogP contribution in [0.1, 0.15) is 35.9 Å². The number of carboxylic acids is 1. The number of carbonyl (C=O) groups is 1. The standard InChI is InChI=1S/C10H11N3O2/c1-6(2)7-5-12-9-8(10(14)15)11-3-4-13(7)9/h3-6H,1-2H3,(H,14,15). The van der Waals surface area contributed by atoms with Crippen LogP contribution in [0, 0.1) is 0 Å². The van der Waals surface area contributed by atoms with Crippen molar-refractivity contribution in [2.24, 2.45) is 0 Å². The van der Waals surface area contributed by atoms with Crippen LogP contribution in [0.5, 0.6) is 0 Å². The summed E-state index contributed by atoms with van der Waals surface area (Å²) in [6, 6.07) is 0. The molecule has 5 heteroatoms. The SMILES string of the molecule is CC(C)c1cnc2c(C(=O)O)nccn12. The van der Waals surface area contributed by atoms with Gasteiger partial charge in [0.25, 0.3) is 0 Å². The molecule has 2 aromatic heterocycles. The number of fused-ring (bicyclic) bond motifs is 1. The van der Waals surface area contributed by atoms with Crippen molar-refractivity contribution in [2.75, 3.05) is 0 Å². The average molecular weight is 205 g/mol. The molecule has 0 saturated heterocycles. The van der Waals surface area contributed by atoms with E-state index in [1.54, 1.807) is 16.8 Å². The molecule has 2 heterocycles. The molecule has 0 aromatic carbocycles. The van der Waals surface area contributed by atoms with E-state index < -0.39 is 5.97 Å². The third-order valence-electron chi connectivity index (χ3n) is 2.25. The highest BCUT2D eigenvalue weighted by atomic mass is 16.4. The van der Waals surface area contributed by atoms with Crippen LogP contribution < -0.4 is 0 Å². The molecule has 0 aliphatic carbocycles. The number of aromatic nitrogens is 3. The first kappa shape index (κ1) is 9.64. The number of hydrogen-bond acceptors (Lipinski definition) is 3. The Morgan fingerprint density at radius 3 is 2.80 bits per heavy atom. The summed E-state index contributed by atoms with van der Waals surface area (Å²) >= 11 is 0. The smallest absolute Gasteiger partial charge is 0.358 e. The van der Waals surface area contributed by atoms with Crippen LogP contribution in [0.25, 0.3) is 5.65 Å². The number of aromatic carboxylic acids is 1. The highest BCUT2D eigenvalue weighted by Gasteiger charge is 2.14. The second kappa shape index (κ2) is 3.34. The average Bonchev–Trinajstić information content (AvgIpc) is 2.59. The molecule has 0 bridgehead atoms. The molecule has 1 N–H and O–H groups in total. The summed E-state index contributed by atoms with van der Waals surface area (Å²) in [7, 11) is 0. The van der Waals surface area contributed by atoms with E-state index in [0.717, 1.165) is 5.69 Å². The molecule has 0 aliphatic rings. The molecule has 2 aromatic rings.